The zero-order valence-electron chi connectivity index (χ0n) is 11.8. The van der Waals surface area contributed by atoms with Crippen LogP contribution >= 0.6 is 0 Å². The zero-order chi connectivity index (χ0) is 13.2. The lowest BCUT2D eigenvalue weighted by atomic mass is 10.2. The number of nitrogens with one attached hydrogen (secondary N) is 1. The summed E-state index contributed by atoms with van der Waals surface area (Å²) in [5.41, 5.74) is 2.51. The van der Waals surface area contributed by atoms with Gasteiger partial charge in [0.2, 0.25) is 0 Å². The van der Waals surface area contributed by atoms with Crippen molar-refractivity contribution in [3.63, 3.8) is 0 Å². The summed E-state index contributed by atoms with van der Waals surface area (Å²) < 4.78 is 5.43. The molecular formula is C14H25N3O. The summed E-state index contributed by atoms with van der Waals surface area (Å²) in [5.74, 6) is 0. The largest absolute Gasteiger partial charge is 0.380 e. The van der Waals surface area contributed by atoms with E-state index in [-0.39, 0.29) is 0 Å². The Morgan fingerprint density at radius 1 is 1.33 bits per heavy atom. The van der Waals surface area contributed by atoms with Crippen molar-refractivity contribution in [2.24, 2.45) is 0 Å². The van der Waals surface area contributed by atoms with Gasteiger partial charge in [-0.2, -0.15) is 0 Å². The zero-order valence-corrected chi connectivity index (χ0v) is 11.8. The van der Waals surface area contributed by atoms with E-state index in [2.05, 4.69) is 35.1 Å². The van der Waals surface area contributed by atoms with E-state index in [1.54, 1.807) is 0 Å². The molecule has 1 rings (SSSR count). The predicted molar refractivity (Wildman–Crippen MR) is 76.0 cm³/mol. The van der Waals surface area contributed by atoms with Gasteiger partial charge < -0.3 is 15.0 Å². The number of ether oxygens (including phenoxy) is 1. The fourth-order valence-corrected chi connectivity index (χ4v) is 1.88. The van der Waals surface area contributed by atoms with Crippen LogP contribution in [-0.2, 0) is 11.3 Å². The fourth-order valence-electron chi connectivity index (χ4n) is 1.88. The van der Waals surface area contributed by atoms with Gasteiger partial charge in [0.25, 0.3) is 0 Å². The summed E-state index contributed by atoms with van der Waals surface area (Å²) in [7, 11) is 0. The Bertz CT molecular complexity index is 331. The van der Waals surface area contributed by atoms with E-state index in [0.717, 1.165) is 39.4 Å². The van der Waals surface area contributed by atoms with Crippen molar-refractivity contribution >= 4 is 5.69 Å². The first-order valence-electron chi connectivity index (χ1n) is 6.79. The van der Waals surface area contributed by atoms with Gasteiger partial charge in [0, 0.05) is 32.4 Å². The molecule has 4 nitrogen and oxygen atoms in total. The molecule has 0 saturated carbocycles. The second-order valence-corrected chi connectivity index (χ2v) is 4.06. The number of hydrogen-bond acceptors (Lipinski definition) is 4. The van der Waals surface area contributed by atoms with Crippen molar-refractivity contribution in [2.75, 3.05) is 37.7 Å². The minimum absolute atomic E-state index is 0.764. The molecule has 102 valence electrons. The smallest absolute Gasteiger partial charge is 0.0641 e. The Morgan fingerprint density at radius 3 is 2.83 bits per heavy atom. The van der Waals surface area contributed by atoms with Crippen LogP contribution in [0.15, 0.2) is 18.5 Å². The summed E-state index contributed by atoms with van der Waals surface area (Å²) in [6.07, 6.45) is 3.80. The molecule has 0 radical (unpaired) electrons. The minimum Gasteiger partial charge on any atom is -0.380 e. The summed E-state index contributed by atoms with van der Waals surface area (Å²) in [5, 5.41) is 3.37. The van der Waals surface area contributed by atoms with E-state index in [9.17, 15) is 0 Å². The summed E-state index contributed by atoms with van der Waals surface area (Å²) in [4.78, 5) is 6.56. The number of pyridine rings is 1. The normalized spacial score (nSPS) is 10.6. The molecule has 0 saturated heterocycles. The first-order valence-corrected chi connectivity index (χ1v) is 6.79. The molecule has 0 spiro atoms. The Balaban J connectivity index is 2.70. The summed E-state index contributed by atoms with van der Waals surface area (Å²) in [6.45, 7) is 11.6. The van der Waals surface area contributed by atoms with Gasteiger partial charge in [0.05, 0.1) is 18.5 Å². The average Bonchev–Trinajstić information content (AvgIpc) is 2.42. The number of hydrogen-bond donors (Lipinski definition) is 1. The molecule has 0 amide bonds. The lowest BCUT2D eigenvalue weighted by Crippen LogP contribution is -2.29. The molecule has 1 heterocycles. The maximum Gasteiger partial charge on any atom is 0.0641 e. The van der Waals surface area contributed by atoms with Crippen molar-refractivity contribution in [3.05, 3.63) is 24.0 Å². The van der Waals surface area contributed by atoms with Crippen molar-refractivity contribution in [2.45, 2.75) is 27.3 Å². The van der Waals surface area contributed by atoms with Gasteiger partial charge in [-0.25, -0.2) is 0 Å². The van der Waals surface area contributed by atoms with Crippen LogP contribution in [0.3, 0.4) is 0 Å². The van der Waals surface area contributed by atoms with Gasteiger partial charge in [-0.05, 0) is 32.0 Å². The van der Waals surface area contributed by atoms with Gasteiger partial charge in [-0.1, -0.05) is 6.92 Å². The van der Waals surface area contributed by atoms with E-state index in [1.165, 1.54) is 11.3 Å². The van der Waals surface area contributed by atoms with Crippen LogP contribution in [0.4, 0.5) is 5.69 Å². The SMILES string of the molecule is CCNCc1ccncc1N(CC)CCOCC. The molecule has 1 aromatic heterocycles. The van der Waals surface area contributed by atoms with Crippen molar-refractivity contribution in [1.82, 2.24) is 10.3 Å². The number of anilines is 1. The second-order valence-electron chi connectivity index (χ2n) is 4.06. The molecule has 1 aromatic rings. The highest BCUT2D eigenvalue weighted by molar-refractivity contribution is 5.51. The van der Waals surface area contributed by atoms with E-state index >= 15 is 0 Å². The van der Waals surface area contributed by atoms with Crippen LogP contribution in [-0.4, -0.2) is 37.8 Å². The molecule has 0 atom stereocenters. The molecule has 0 fully saturated rings. The molecular weight excluding hydrogens is 226 g/mol. The molecule has 0 unspecified atom stereocenters. The maximum absolute atomic E-state index is 5.43. The van der Waals surface area contributed by atoms with E-state index in [0.29, 0.717) is 0 Å². The Kier molecular flexibility index (Phi) is 7.37. The van der Waals surface area contributed by atoms with Crippen LogP contribution in [0.5, 0.6) is 0 Å². The van der Waals surface area contributed by atoms with Crippen LogP contribution in [0, 0.1) is 0 Å². The fraction of sp³-hybridized carbons (Fsp3) is 0.643. The monoisotopic (exact) mass is 251 g/mol. The Hall–Kier alpha value is -1.13. The highest BCUT2D eigenvalue weighted by Gasteiger charge is 2.09. The first-order chi connectivity index (χ1) is 8.83. The van der Waals surface area contributed by atoms with Gasteiger partial charge in [-0.3, -0.25) is 4.98 Å². The highest BCUT2D eigenvalue weighted by atomic mass is 16.5. The molecule has 0 aliphatic rings. The van der Waals surface area contributed by atoms with E-state index < -0.39 is 0 Å². The van der Waals surface area contributed by atoms with Crippen molar-refractivity contribution in [1.29, 1.82) is 0 Å². The number of likely N-dealkylation sites (N-methyl/N-ethyl adjacent to an activating group) is 1. The number of aromatic nitrogens is 1. The molecule has 4 heteroatoms. The van der Waals surface area contributed by atoms with Gasteiger partial charge >= 0.3 is 0 Å². The molecule has 0 bridgehead atoms. The maximum atomic E-state index is 5.43. The average molecular weight is 251 g/mol. The minimum atomic E-state index is 0.764. The third-order valence-electron chi connectivity index (χ3n) is 2.89. The van der Waals surface area contributed by atoms with E-state index in [4.69, 9.17) is 4.74 Å². The van der Waals surface area contributed by atoms with Crippen LogP contribution in [0.25, 0.3) is 0 Å². The van der Waals surface area contributed by atoms with Gasteiger partial charge in [0.15, 0.2) is 0 Å². The van der Waals surface area contributed by atoms with Gasteiger partial charge in [-0.15, -0.1) is 0 Å². The third-order valence-corrected chi connectivity index (χ3v) is 2.89. The predicted octanol–water partition coefficient (Wildman–Crippen LogP) is 2.05. The molecule has 0 aromatic carbocycles. The van der Waals surface area contributed by atoms with Crippen LogP contribution < -0.4 is 10.2 Å². The van der Waals surface area contributed by atoms with Crippen molar-refractivity contribution in [3.8, 4) is 0 Å². The Labute approximate surface area is 110 Å². The second kappa shape index (κ2) is 8.89. The van der Waals surface area contributed by atoms with Crippen LogP contribution in [0.2, 0.25) is 0 Å². The standard InChI is InChI=1S/C14H25N3O/c1-4-15-11-13-7-8-16-12-14(13)17(5-2)9-10-18-6-3/h7-8,12,15H,4-6,9-11H2,1-3H3. The van der Waals surface area contributed by atoms with Crippen molar-refractivity contribution < 1.29 is 4.74 Å². The van der Waals surface area contributed by atoms with E-state index in [1.807, 2.05) is 19.3 Å². The first kappa shape index (κ1) is 14.9. The highest BCUT2D eigenvalue weighted by Crippen LogP contribution is 2.18. The molecule has 18 heavy (non-hydrogen) atoms. The van der Waals surface area contributed by atoms with Crippen LogP contribution in [0.1, 0.15) is 26.3 Å². The number of nitrogens with zero attached hydrogens (tertiary/aromatic N) is 2. The summed E-state index contributed by atoms with van der Waals surface area (Å²) in [6, 6.07) is 2.08. The molecule has 0 aliphatic carbocycles. The quantitative estimate of drug-likeness (QED) is 0.682. The third kappa shape index (κ3) is 4.63. The number of rotatable bonds is 9. The molecule has 0 aliphatic heterocycles. The topological polar surface area (TPSA) is 37.4 Å². The molecule has 1 N–H and O–H groups in total. The Morgan fingerprint density at radius 2 is 2.17 bits per heavy atom. The lowest BCUT2D eigenvalue weighted by molar-refractivity contribution is 0.154. The lowest BCUT2D eigenvalue weighted by Gasteiger charge is -2.25. The summed E-state index contributed by atoms with van der Waals surface area (Å²) >= 11 is 0. The van der Waals surface area contributed by atoms with Gasteiger partial charge in [0.1, 0.15) is 0 Å².